The molecule has 0 aliphatic rings. The second-order valence-corrected chi connectivity index (χ2v) is 4.38. The fourth-order valence-electron chi connectivity index (χ4n) is 1.80. The van der Waals surface area contributed by atoms with E-state index in [2.05, 4.69) is 0 Å². The van der Waals surface area contributed by atoms with E-state index in [1.165, 1.54) is 48.3 Å². The van der Waals surface area contributed by atoms with Gasteiger partial charge in [0, 0.05) is 30.6 Å². The van der Waals surface area contributed by atoms with Crippen LogP contribution in [0.15, 0.2) is 42.5 Å². The lowest BCUT2D eigenvalue weighted by Crippen LogP contribution is -2.27. The predicted octanol–water partition coefficient (Wildman–Crippen LogP) is 2.59. The molecular weight excluding hydrogens is 277 g/mol. The molecular formula is C14H12FN3O3. The van der Waals surface area contributed by atoms with Crippen molar-refractivity contribution in [2.75, 3.05) is 17.7 Å². The summed E-state index contributed by atoms with van der Waals surface area (Å²) >= 11 is 0. The van der Waals surface area contributed by atoms with Crippen molar-refractivity contribution in [1.82, 2.24) is 0 Å². The van der Waals surface area contributed by atoms with Gasteiger partial charge in [-0.2, -0.15) is 0 Å². The number of amides is 1. The van der Waals surface area contributed by atoms with Crippen molar-refractivity contribution >= 4 is 23.0 Å². The van der Waals surface area contributed by atoms with Gasteiger partial charge in [-0.1, -0.05) is 0 Å². The zero-order valence-electron chi connectivity index (χ0n) is 11.1. The van der Waals surface area contributed by atoms with Crippen molar-refractivity contribution < 1.29 is 14.1 Å². The van der Waals surface area contributed by atoms with E-state index in [-0.39, 0.29) is 16.9 Å². The Labute approximate surface area is 119 Å². The zero-order valence-corrected chi connectivity index (χ0v) is 11.1. The molecule has 0 unspecified atom stereocenters. The number of carbonyl (C=O) groups excluding carboxylic acids is 1. The first-order valence-electron chi connectivity index (χ1n) is 5.97. The minimum absolute atomic E-state index is 0.0849. The number of hydrogen-bond acceptors (Lipinski definition) is 4. The van der Waals surface area contributed by atoms with Crippen LogP contribution >= 0.6 is 0 Å². The summed E-state index contributed by atoms with van der Waals surface area (Å²) in [5.74, 6) is -1.28. The van der Waals surface area contributed by atoms with Crippen LogP contribution in [0.4, 0.5) is 21.5 Å². The van der Waals surface area contributed by atoms with E-state index in [1.807, 2.05) is 0 Å². The third-order valence-electron chi connectivity index (χ3n) is 2.98. The number of rotatable bonds is 3. The number of carbonyl (C=O) groups is 1. The summed E-state index contributed by atoms with van der Waals surface area (Å²) in [5.41, 5.74) is 5.87. The van der Waals surface area contributed by atoms with Gasteiger partial charge in [-0.3, -0.25) is 14.9 Å². The second-order valence-electron chi connectivity index (χ2n) is 4.38. The Morgan fingerprint density at radius 1 is 1.24 bits per heavy atom. The Kier molecular flexibility index (Phi) is 3.84. The summed E-state index contributed by atoms with van der Waals surface area (Å²) in [6.07, 6.45) is 0. The molecule has 6 nitrogen and oxygen atoms in total. The quantitative estimate of drug-likeness (QED) is 0.534. The summed E-state index contributed by atoms with van der Waals surface area (Å²) in [6.45, 7) is 0. The highest BCUT2D eigenvalue weighted by molar-refractivity contribution is 6.06. The molecule has 0 saturated heterocycles. The molecule has 2 N–H and O–H groups in total. The van der Waals surface area contributed by atoms with Crippen LogP contribution in [-0.4, -0.2) is 17.9 Å². The second kappa shape index (κ2) is 5.58. The third-order valence-corrected chi connectivity index (χ3v) is 2.98. The van der Waals surface area contributed by atoms with Crippen molar-refractivity contribution in [3.63, 3.8) is 0 Å². The Morgan fingerprint density at radius 2 is 1.86 bits per heavy atom. The van der Waals surface area contributed by atoms with Crippen molar-refractivity contribution in [2.45, 2.75) is 0 Å². The van der Waals surface area contributed by atoms with Gasteiger partial charge in [0.25, 0.3) is 11.6 Å². The largest absolute Gasteiger partial charge is 0.399 e. The maximum atomic E-state index is 13.7. The summed E-state index contributed by atoms with van der Waals surface area (Å²) in [4.78, 5) is 23.5. The van der Waals surface area contributed by atoms with Gasteiger partial charge in [0.05, 0.1) is 10.5 Å². The molecule has 108 valence electrons. The van der Waals surface area contributed by atoms with Gasteiger partial charge in [-0.25, -0.2) is 4.39 Å². The fraction of sp³-hybridized carbons (Fsp3) is 0.0714. The lowest BCUT2D eigenvalue weighted by atomic mass is 10.1. The van der Waals surface area contributed by atoms with Crippen LogP contribution in [0.2, 0.25) is 0 Å². The number of nitrogen functional groups attached to an aromatic ring is 1. The number of nitrogens with zero attached hydrogens (tertiary/aromatic N) is 2. The monoisotopic (exact) mass is 289 g/mol. The van der Waals surface area contributed by atoms with Gasteiger partial charge in [-0.05, 0) is 30.3 Å². The first kappa shape index (κ1) is 14.4. The van der Waals surface area contributed by atoms with Crippen LogP contribution in [0.5, 0.6) is 0 Å². The SMILES string of the molecule is CN(C(=O)c1ccc(N)cc1F)c1ccc([N+](=O)[O-])cc1. The molecule has 0 saturated carbocycles. The van der Waals surface area contributed by atoms with E-state index in [0.29, 0.717) is 5.69 Å². The lowest BCUT2D eigenvalue weighted by molar-refractivity contribution is -0.384. The lowest BCUT2D eigenvalue weighted by Gasteiger charge is -2.17. The number of nitrogens with two attached hydrogens (primary N) is 1. The van der Waals surface area contributed by atoms with Crippen LogP contribution in [-0.2, 0) is 0 Å². The molecule has 0 fully saturated rings. The van der Waals surface area contributed by atoms with Gasteiger partial charge in [0.1, 0.15) is 5.82 Å². The highest BCUT2D eigenvalue weighted by Crippen LogP contribution is 2.21. The predicted molar refractivity (Wildman–Crippen MR) is 76.6 cm³/mol. The first-order valence-corrected chi connectivity index (χ1v) is 5.97. The van der Waals surface area contributed by atoms with Gasteiger partial charge >= 0.3 is 0 Å². The topological polar surface area (TPSA) is 89.5 Å². The number of non-ortho nitro benzene ring substituents is 1. The van der Waals surface area contributed by atoms with Crippen molar-refractivity contribution in [3.05, 3.63) is 64.0 Å². The van der Waals surface area contributed by atoms with Crippen molar-refractivity contribution in [3.8, 4) is 0 Å². The molecule has 0 aliphatic heterocycles. The molecule has 7 heteroatoms. The average Bonchev–Trinajstić information content (AvgIpc) is 2.46. The number of hydrogen-bond donors (Lipinski definition) is 1. The summed E-state index contributed by atoms with van der Waals surface area (Å²) in [6, 6.07) is 9.19. The first-order chi connectivity index (χ1) is 9.90. The van der Waals surface area contributed by atoms with E-state index >= 15 is 0 Å². The van der Waals surface area contributed by atoms with Crippen LogP contribution < -0.4 is 10.6 Å². The molecule has 0 aliphatic carbocycles. The number of halogens is 1. The summed E-state index contributed by atoms with van der Waals surface area (Å²) < 4.78 is 13.7. The number of nitro benzene ring substituents is 1. The molecule has 0 radical (unpaired) electrons. The van der Waals surface area contributed by atoms with Gasteiger partial charge in [0.2, 0.25) is 0 Å². The highest BCUT2D eigenvalue weighted by Gasteiger charge is 2.18. The van der Waals surface area contributed by atoms with Gasteiger partial charge < -0.3 is 10.6 Å². The van der Waals surface area contributed by atoms with Gasteiger partial charge in [-0.15, -0.1) is 0 Å². The van der Waals surface area contributed by atoms with E-state index < -0.39 is 16.6 Å². The van der Waals surface area contributed by atoms with Crippen molar-refractivity contribution in [1.29, 1.82) is 0 Å². The van der Waals surface area contributed by atoms with Gasteiger partial charge in [0.15, 0.2) is 0 Å². The minimum Gasteiger partial charge on any atom is -0.399 e. The van der Waals surface area contributed by atoms with Crippen LogP contribution in [0.25, 0.3) is 0 Å². The molecule has 0 spiro atoms. The minimum atomic E-state index is -0.714. The van der Waals surface area contributed by atoms with Crippen molar-refractivity contribution in [2.24, 2.45) is 0 Å². The maximum Gasteiger partial charge on any atom is 0.269 e. The third kappa shape index (κ3) is 2.97. The Balaban J connectivity index is 2.28. The summed E-state index contributed by atoms with van der Waals surface area (Å²) in [7, 11) is 1.46. The van der Waals surface area contributed by atoms with Crippen LogP contribution in [0, 0.1) is 15.9 Å². The molecule has 2 aromatic rings. The van der Waals surface area contributed by atoms with Crippen LogP contribution in [0.1, 0.15) is 10.4 Å². The van der Waals surface area contributed by atoms with E-state index in [0.717, 1.165) is 6.07 Å². The fourth-order valence-corrected chi connectivity index (χ4v) is 1.80. The molecule has 21 heavy (non-hydrogen) atoms. The average molecular weight is 289 g/mol. The van der Waals surface area contributed by atoms with E-state index in [9.17, 15) is 19.3 Å². The maximum absolute atomic E-state index is 13.7. The standard InChI is InChI=1S/C14H12FN3O3/c1-17(10-3-5-11(6-4-10)18(20)21)14(19)12-7-2-9(16)8-13(12)15/h2-8H,16H2,1H3. The Morgan fingerprint density at radius 3 is 2.38 bits per heavy atom. The molecule has 0 atom stereocenters. The molecule has 2 aromatic carbocycles. The molecule has 0 bridgehead atoms. The molecule has 2 rings (SSSR count). The zero-order chi connectivity index (χ0) is 15.6. The van der Waals surface area contributed by atoms with Crippen LogP contribution in [0.3, 0.4) is 0 Å². The van der Waals surface area contributed by atoms with E-state index in [4.69, 9.17) is 5.73 Å². The van der Waals surface area contributed by atoms with E-state index in [1.54, 1.807) is 0 Å². The summed E-state index contributed by atoms with van der Waals surface area (Å²) in [5, 5.41) is 10.6. The molecule has 0 heterocycles. The Hall–Kier alpha value is -2.96. The number of benzene rings is 2. The number of nitro groups is 1. The molecule has 1 amide bonds. The normalized spacial score (nSPS) is 10.2. The number of anilines is 2. The smallest absolute Gasteiger partial charge is 0.269 e. The Bertz CT molecular complexity index is 701. The molecule has 0 aromatic heterocycles. The highest BCUT2D eigenvalue weighted by atomic mass is 19.1.